The van der Waals surface area contributed by atoms with Gasteiger partial charge in [0.2, 0.25) is 0 Å². The second kappa shape index (κ2) is 15.1. The van der Waals surface area contributed by atoms with Crippen molar-refractivity contribution in [1.82, 2.24) is 25.0 Å². The van der Waals surface area contributed by atoms with Crippen molar-refractivity contribution in [2.45, 2.75) is 153 Å². The molecule has 0 bridgehead atoms. The number of aromatic nitrogens is 5. The van der Waals surface area contributed by atoms with E-state index in [0.29, 0.717) is 35.0 Å². The molecule has 2 aliphatic carbocycles. The molecule has 1 unspecified atom stereocenters. The fourth-order valence-electron chi connectivity index (χ4n) is 6.75. The van der Waals surface area contributed by atoms with Crippen LogP contribution in [-0.4, -0.2) is 97.0 Å². The van der Waals surface area contributed by atoms with Gasteiger partial charge in [0.05, 0.1) is 18.8 Å². The predicted octanol–water partition coefficient (Wildman–Crippen LogP) is 7.49. The van der Waals surface area contributed by atoms with Gasteiger partial charge in [-0.2, -0.15) is 0 Å². The maximum Gasteiger partial charge on any atom is 0.509 e. The number of benzene rings is 1. The minimum atomic E-state index is -0.962. The van der Waals surface area contributed by atoms with Crippen molar-refractivity contribution in [3.05, 3.63) is 35.4 Å². The summed E-state index contributed by atoms with van der Waals surface area (Å²) >= 11 is 1.42. The van der Waals surface area contributed by atoms with Gasteiger partial charge >= 0.3 is 12.2 Å². The lowest BCUT2D eigenvalue weighted by Gasteiger charge is -2.27. The molecule has 3 heterocycles. The van der Waals surface area contributed by atoms with E-state index in [1.54, 1.807) is 53.1 Å². The van der Waals surface area contributed by atoms with E-state index in [4.69, 9.17) is 38.4 Å². The Balaban J connectivity index is 1.34. The number of rotatable bonds is 11. The van der Waals surface area contributed by atoms with E-state index in [1.165, 1.54) is 22.7 Å². The van der Waals surface area contributed by atoms with E-state index in [2.05, 4.69) is 10.3 Å². The summed E-state index contributed by atoms with van der Waals surface area (Å²) in [4.78, 5) is 37.5. The minimum absolute atomic E-state index is 0.0806. The topological polar surface area (TPSA) is 149 Å². The van der Waals surface area contributed by atoms with Crippen LogP contribution in [-0.2, 0) is 28.4 Å². The van der Waals surface area contributed by atoms with Gasteiger partial charge in [0.15, 0.2) is 39.6 Å². The third kappa shape index (κ3) is 9.06. The zero-order chi connectivity index (χ0) is 39.3. The fourth-order valence-corrected chi connectivity index (χ4v) is 7.43. The zero-order valence-electron chi connectivity index (χ0n) is 32.4. The summed E-state index contributed by atoms with van der Waals surface area (Å²) in [5.74, 6) is -2.23. The van der Waals surface area contributed by atoms with Crippen LogP contribution in [0.25, 0.3) is 11.2 Å². The number of anilines is 1. The fraction of sp³-hybridized carbons (Fsp3) is 0.676. The highest BCUT2D eigenvalue weighted by molar-refractivity contribution is 7.99. The molecule has 1 aliphatic heterocycles. The Morgan fingerprint density at radius 3 is 2.41 bits per heavy atom. The molecule has 1 aromatic carbocycles. The van der Waals surface area contributed by atoms with E-state index in [-0.39, 0.29) is 23.9 Å². The molecule has 0 radical (unpaired) electrons. The first-order valence-electron chi connectivity index (χ1n) is 18.3. The van der Waals surface area contributed by atoms with Crippen molar-refractivity contribution in [1.29, 1.82) is 0 Å². The molecule has 3 aliphatic rings. The average Bonchev–Trinajstić information content (AvgIpc) is 3.43. The van der Waals surface area contributed by atoms with E-state index in [9.17, 15) is 18.4 Å². The number of carbonyl (C=O) groups is 2. The number of ether oxygens (including phenoxy) is 6. The normalized spacial score (nSPS) is 25.3. The first kappa shape index (κ1) is 40.0. The van der Waals surface area contributed by atoms with Crippen molar-refractivity contribution in [3.8, 4) is 0 Å². The van der Waals surface area contributed by atoms with Crippen LogP contribution in [0.15, 0.2) is 23.4 Å². The number of halogens is 2. The van der Waals surface area contributed by atoms with E-state index < -0.39 is 77.4 Å². The first-order valence-corrected chi connectivity index (χ1v) is 19.3. The summed E-state index contributed by atoms with van der Waals surface area (Å²) < 4.78 is 65.5. The van der Waals surface area contributed by atoms with E-state index >= 15 is 0 Å². The Kier molecular flexibility index (Phi) is 11.2. The van der Waals surface area contributed by atoms with Crippen molar-refractivity contribution >= 4 is 41.0 Å². The second-order valence-electron chi connectivity index (χ2n) is 16.5. The van der Waals surface area contributed by atoms with Gasteiger partial charge in [0.1, 0.15) is 29.5 Å². The molecule has 296 valence electrons. The lowest BCUT2D eigenvalue weighted by atomic mass is 10.1. The van der Waals surface area contributed by atoms with Crippen LogP contribution >= 0.6 is 11.8 Å². The van der Waals surface area contributed by atoms with Gasteiger partial charge in [0, 0.05) is 24.1 Å². The molecule has 1 amide bonds. The smallest absolute Gasteiger partial charge is 0.443 e. The molecule has 1 saturated heterocycles. The molecule has 2 saturated carbocycles. The van der Waals surface area contributed by atoms with Crippen LogP contribution in [0.5, 0.6) is 0 Å². The molecular formula is C37H50F2N6O8S. The number of hydrogen-bond donors (Lipinski definition) is 0. The molecule has 7 atom stereocenters. The number of carbonyl (C=O) groups excluding carboxylic acids is 2. The van der Waals surface area contributed by atoms with E-state index in [1.807, 2.05) is 20.8 Å². The van der Waals surface area contributed by atoms with Gasteiger partial charge in [-0.15, -0.1) is 5.10 Å². The van der Waals surface area contributed by atoms with Gasteiger partial charge in [-0.25, -0.2) is 33.0 Å². The number of nitrogens with zero attached hydrogens (tertiary/aromatic N) is 6. The lowest BCUT2D eigenvalue weighted by molar-refractivity contribution is -0.172. The van der Waals surface area contributed by atoms with Crippen LogP contribution in [0.1, 0.15) is 106 Å². The molecule has 17 heteroatoms. The van der Waals surface area contributed by atoms with Gasteiger partial charge in [-0.05, 0) is 92.9 Å². The standard InChI is InChI=1S/C37H50F2N6O8S/c1-11-14-54-32-40-30(44(33(46)52-35(3,4)5)24-16-21(24)20-12-13-22(38)23(39)15-20)27-31(41-32)45(43-42-27)25-17-26(29-28(25)50-37(9,10)51-29)48-18-19(2)49-34(47)53-36(6,7)8/h12-13,15,19,21,24-26,28-29H,11,14,16-18H2,1-10H3/t19-,21+,24?,25-,26+,28+,29-/m1/s1. The van der Waals surface area contributed by atoms with Crippen LogP contribution < -0.4 is 4.90 Å². The molecule has 0 N–H and O–H groups in total. The Hall–Kier alpha value is -3.67. The number of fused-ring (bicyclic) bond motifs is 2. The third-order valence-corrected chi connectivity index (χ3v) is 9.98. The number of hydrogen-bond acceptors (Lipinski definition) is 13. The highest BCUT2D eigenvalue weighted by Crippen LogP contribution is 2.49. The van der Waals surface area contributed by atoms with Crippen molar-refractivity contribution < 1.29 is 46.8 Å². The van der Waals surface area contributed by atoms with E-state index in [0.717, 1.165) is 18.6 Å². The summed E-state index contributed by atoms with van der Waals surface area (Å²) in [6.07, 6.45) is -1.82. The SMILES string of the molecule is CCCSc1nc(N(C(=O)OC(C)(C)C)C2C[C@H]2c2ccc(F)c(F)c2)c2nnn([C@@H]3C[C@H](OC[C@@H](C)OC(=O)OC(C)(C)C)[C@H]4OC(C)(C)O[C@H]43)c2n1. The Morgan fingerprint density at radius 2 is 1.74 bits per heavy atom. The summed E-state index contributed by atoms with van der Waals surface area (Å²) in [6, 6.07) is 2.83. The molecule has 0 spiro atoms. The Morgan fingerprint density at radius 1 is 1.04 bits per heavy atom. The summed E-state index contributed by atoms with van der Waals surface area (Å²) in [7, 11) is 0. The van der Waals surface area contributed by atoms with Crippen molar-refractivity contribution in [3.63, 3.8) is 0 Å². The largest absolute Gasteiger partial charge is 0.509 e. The van der Waals surface area contributed by atoms with Gasteiger partial charge in [0.25, 0.3) is 0 Å². The first-order chi connectivity index (χ1) is 25.2. The van der Waals surface area contributed by atoms with Gasteiger partial charge < -0.3 is 28.4 Å². The van der Waals surface area contributed by atoms with Crippen LogP contribution in [0.4, 0.5) is 24.2 Å². The molecular weight excluding hydrogens is 727 g/mol. The van der Waals surface area contributed by atoms with Crippen molar-refractivity contribution in [2.24, 2.45) is 0 Å². The van der Waals surface area contributed by atoms with Gasteiger partial charge in [-0.1, -0.05) is 30.0 Å². The van der Waals surface area contributed by atoms with Crippen molar-refractivity contribution in [2.75, 3.05) is 17.3 Å². The number of thioether (sulfide) groups is 1. The Bertz CT molecular complexity index is 1870. The highest BCUT2D eigenvalue weighted by Gasteiger charge is 2.56. The molecule has 6 rings (SSSR count). The molecule has 2 aromatic heterocycles. The third-order valence-electron chi connectivity index (χ3n) is 8.93. The average molecular weight is 777 g/mol. The molecule has 14 nitrogen and oxygen atoms in total. The Labute approximate surface area is 317 Å². The summed E-state index contributed by atoms with van der Waals surface area (Å²) in [5, 5.41) is 9.52. The maximum absolute atomic E-state index is 14.3. The summed E-state index contributed by atoms with van der Waals surface area (Å²) in [6.45, 7) is 18.1. The molecule has 3 aromatic rings. The second-order valence-corrected chi connectivity index (χ2v) is 17.5. The minimum Gasteiger partial charge on any atom is -0.443 e. The lowest BCUT2D eigenvalue weighted by Crippen LogP contribution is -2.39. The maximum atomic E-state index is 14.3. The summed E-state index contributed by atoms with van der Waals surface area (Å²) in [5.41, 5.74) is -0.360. The number of amides is 1. The molecule has 3 fully saturated rings. The van der Waals surface area contributed by atoms with Crippen LogP contribution in [0, 0.1) is 11.6 Å². The monoisotopic (exact) mass is 776 g/mol. The zero-order valence-corrected chi connectivity index (χ0v) is 33.2. The predicted molar refractivity (Wildman–Crippen MR) is 194 cm³/mol. The quantitative estimate of drug-likeness (QED) is 0.108. The highest BCUT2D eigenvalue weighted by atomic mass is 32.2. The van der Waals surface area contributed by atoms with Crippen LogP contribution in [0.2, 0.25) is 0 Å². The molecule has 54 heavy (non-hydrogen) atoms. The van der Waals surface area contributed by atoms with Crippen LogP contribution in [0.3, 0.4) is 0 Å². The van der Waals surface area contributed by atoms with Gasteiger partial charge in [-0.3, -0.25) is 4.90 Å².